The van der Waals surface area contributed by atoms with Crippen molar-refractivity contribution in [2.45, 2.75) is 45.1 Å². The van der Waals surface area contributed by atoms with E-state index in [0.717, 1.165) is 14.7 Å². The van der Waals surface area contributed by atoms with E-state index in [2.05, 4.69) is 27.9 Å². The predicted octanol–water partition coefficient (Wildman–Crippen LogP) is 3.66. The monoisotopic (exact) mass is 422 g/mol. The summed E-state index contributed by atoms with van der Waals surface area (Å²) in [6, 6.07) is 6.08. The maximum absolute atomic E-state index is 12.5. The first kappa shape index (κ1) is 18.7. The molecule has 2 rings (SSSR count). The van der Waals surface area contributed by atoms with Crippen LogP contribution in [0.1, 0.15) is 48.0 Å². The number of halogens is 2. The van der Waals surface area contributed by atoms with Crippen LogP contribution in [0.4, 0.5) is 0 Å². The number of nitrogens with two attached hydrogens (primary N) is 1. The van der Waals surface area contributed by atoms with E-state index in [1.807, 2.05) is 25.1 Å². The third kappa shape index (κ3) is 5.11. The predicted molar refractivity (Wildman–Crippen MR) is 98.0 cm³/mol. The number of carbonyl (C=O) groups excluding carboxylic acids is 1. The second kappa shape index (κ2) is 8.96. The van der Waals surface area contributed by atoms with E-state index >= 15 is 0 Å². The summed E-state index contributed by atoms with van der Waals surface area (Å²) >= 11 is 2.21. The second-order valence-electron chi connectivity index (χ2n) is 5.70. The van der Waals surface area contributed by atoms with Crippen molar-refractivity contribution in [2.75, 3.05) is 6.54 Å². The van der Waals surface area contributed by atoms with Crippen LogP contribution in [0.5, 0.6) is 0 Å². The molecule has 5 heteroatoms. The maximum Gasteiger partial charge on any atom is 0.252 e. The summed E-state index contributed by atoms with van der Waals surface area (Å²) in [5.41, 5.74) is 7.75. The van der Waals surface area contributed by atoms with Crippen LogP contribution in [0.25, 0.3) is 0 Å². The normalized spacial score (nSPS) is 16.9. The molecule has 0 aliphatic heterocycles. The number of hydrogen-bond donors (Lipinski definition) is 2. The van der Waals surface area contributed by atoms with Crippen LogP contribution in [0, 0.1) is 16.4 Å². The number of aryl methyl sites for hydroxylation is 1. The Hall–Kier alpha value is -0.330. The Bertz CT molecular complexity index is 475. The molecule has 118 valence electrons. The van der Waals surface area contributed by atoms with Crippen molar-refractivity contribution in [1.82, 2.24) is 5.32 Å². The average molecular weight is 423 g/mol. The molecule has 1 aromatic carbocycles. The second-order valence-corrected chi connectivity index (χ2v) is 6.86. The Morgan fingerprint density at radius 2 is 2.05 bits per heavy atom. The highest BCUT2D eigenvalue weighted by Crippen LogP contribution is 2.26. The maximum atomic E-state index is 12.5. The van der Waals surface area contributed by atoms with Crippen LogP contribution in [0.15, 0.2) is 18.2 Å². The Morgan fingerprint density at radius 1 is 1.38 bits per heavy atom. The van der Waals surface area contributed by atoms with Crippen LogP contribution in [-0.2, 0) is 0 Å². The van der Waals surface area contributed by atoms with Crippen molar-refractivity contribution in [3.05, 3.63) is 32.9 Å². The number of carbonyl (C=O) groups is 1. The fourth-order valence-corrected chi connectivity index (χ4v) is 3.55. The minimum absolute atomic E-state index is 0. The van der Waals surface area contributed by atoms with Crippen molar-refractivity contribution in [1.29, 1.82) is 0 Å². The number of nitrogens with one attached hydrogen (secondary N) is 1. The van der Waals surface area contributed by atoms with Gasteiger partial charge in [0.15, 0.2) is 0 Å². The van der Waals surface area contributed by atoms with Gasteiger partial charge in [0.2, 0.25) is 0 Å². The lowest BCUT2D eigenvalue weighted by atomic mass is 9.84. The average Bonchev–Trinajstić information content (AvgIpc) is 2.48. The number of rotatable bonds is 4. The zero-order valence-corrected chi connectivity index (χ0v) is 15.4. The Balaban J connectivity index is 0.00000220. The minimum atomic E-state index is 0. The zero-order chi connectivity index (χ0) is 14.5. The Morgan fingerprint density at radius 3 is 2.67 bits per heavy atom. The molecule has 0 bridgehead atoms. The van der Waals surface area contributed by atoms with E-state index in [0.29, 0.717) is 12.5 Å². The summed E-state index contributed by atoms with van der Waals surface area (Å²) in [5, 5.41) is 3.15. The fourth-order valence-electron chi connectivity index (χ4n) is 2.97. The Kier molecular flexibility index (Phi) is 7.98. The molecule has 0 heterocycles. The van der Waals surface area contributed by atoms with Crippen molar-refractivity contribution >= 4 is 40.9 Å². The van der Waals surface area contributed by atoms with E-state index in [9.17, 15) is 4.79 Å². The fraction of sp³-hybridized carbons (Fsp3) is 0.562. The molecule has 0 aromatic heterocycles. The molecule has 0 radical (unpaired) electrons. The van der Waals surface area contributed by atoms with Gasteiger partial charge in [-0.1, -0.05) is 30.9 Å². The summed E-state index contributed by atoms with van der Waals surface area (Å²) in [4.78, 5) is 12.5. The molecule has 1 amide bonds. The summed E-state index contributed by atoms with van der Waals surface area (Å²) in [6.45, 7) is 2.53. The van der Waals surface area contributed by atoms with E-state index in [1.165, 1.54) is 32.1 Å². The first-order valence-electron chi connectivity index (χ1n) is 7.39. The van der Waals surface area contributed by atoms with Gasteiger partial charge in [0.1, 0.15) is 0 Å². The largest absolute Gasteiger partial charge is 0.348 e. The van der Waals surface area contributed by atoms with Gasteiger partial charge in [0, 0.05) is 16.2 Å². The standard InChI is InChI=1S/C16H23IN2O.ClH/c1-11-7-8-14(17)13(9-11)16(20)19-15(10-18)12-5-3-2-4-6-12;/h7-9,12,15H,2-6,10,18H2,1H3,(H,19,20);1H. The van der Waals surface area contributed by atoms with E-state index in [4.69, 9.17) is 5.73 Å². The molecule has 1 aromatic rings. The molecule has 3 nitrogen and oxygen atoms in total. The number of hydrogen-bond acceptors (Lipinski definition) is 2. The highest BCUT2D eigenvalue weighted by Gasteiger charge is 2.24. The van der Waals surface area contributed by atoms with Crippen molar-refractivity contribution in [3.8, 4) is 0 Å². The molecule has 1 aliphatic carbocycles. The molecule has 1 atom stereocenters. The smallest absolute Gasteiger partial charge is 0.252 e. The van der Waals surface area contributed by atoms with Gasteiger partial charge in [0.25, 0.3) is 5.91 Å². The SMILES string of the molecule is Cc1ccc(I)c(C(=O)NC(CN)C2CCCCC2)c1.Cl. The molecule has 0 saturated heterocycles. The zero-order valence-electron chi connectivity index (χ0n) is 12.4. The summed E-state index contributed by atoms with van der Waals surface area (Å²) in [5.74, 6) is 0.555. The number of amides is 1. The van der Waals surface area contributed by atoms with E-state index < -0.39 is 0 Å². The lowest BCUT2D eigenvalue weighted by molar-refractivity contribution is 0.0914. The van der Waals surface area contributed by atoms with Gasteiger partial charge in [-0.2, -0.15) is 0 Å². The van der Waals surface area contributed by atoms with Gasteiger partial charge >= 0.3 is 0 Å². The third-order valence-electron chi connectivity index (χ3n) is 4.16. The first-order chi connectivity index (χ1) is 9.61. The molecule has 21 heavy (non-hydrogen) atoms. The summed E-state index contributed by atoms with van der Waals surface area (Å²) < 4.78 is 0.991. The van der Waals surface area contributed by atoms with Gasteiger partial charge in [-0.3, -0.25) is 4.79 Å². The molecule has 3 N–H and O–H groups in total. The van der Waals surface area contributed by atoms with Gasteiger partial charge in [-0.05, 0) is 60.4 Å². The van der Waals surface area contributed by atoms with Crippen LogP contribution < -0.4 is 11.1 Å². The Labute approximate surface area is 147 Å². The van der Waals surface area contributed by atoms with Gasteiger partial charge in [0.05, 0.1) is 5.56 Å². The summed E-state index contributed by atoms with van der Waals surface area (Å²) in [6.07, 6.45) is 6.22. The van der Waals surface area contributed by atoms with Crippen LogP contribution >= 0.6 is 35.0 Å². The molecule has 1 fully saturated rings. The van der Waals surface area contributed by atoms with Crippen molar-refractivity contribution < 1.29 is 4.79 Å². The molecule has 1 aliphatic rings. The van der Waals surface area contributed by atoms with E-state index in [1.54, 1.807) is 0 Å². The first-order valence-corrected chi connectivity index (χ1v) is 8.46. The lowest BCUT2D eigenvalue weighted by Crippen LogP contribution is -2.46. The molecule has 1 unspecified atom stereocenters. The van der Waals surface area contributed by atoms with Crippen LogP contribution in [-0.4, -0.2) is 18.5 Å². The van der Waals surface area contributed by atoms with Crippen LogP contribution in [0.3, 0.4) is 0 Å². The van der Waals surface area contributed by atoms with E-state index in [-0.39, 0.29) is 24.4 Å². The van der Waals surface area contributed by atoms with Crippen LogP contribution in [0.2, 0.25) is 0 Å². The quantitative estimate of drug-likeness (QED) is 0.728. The topological polar surface area (TPSA) is 55.1 Å². The van der Waals surface area contributed by atoms with Crippen molar-refractivity contribution in [2.24, 2.45) is 11.7 Å². The van der Waals surface area contributed by atoms with Gasteiger partial charge in [-0.25, -0.2) is 0 Å². The van der Waals surface area contributed by atoms with Gasteiger partial charge < -0.3 is 11.1 Å². The summed E-state index contributed by atoms with van der Waals surface area (Å²) in [7, 11) is 0. The van der Waals surface area contributed by atoms with Crippen molar-refractivity contribution in [3.63, 3.8) is 0 Å². The highest BCUT2D eigenvalue weighted by molar-refractivity contribution is 14.1. The van der Waals surface area contributed by atoms with Gasteiger partial charge in [-0.15, -0.1) is 12.4 Å². The lowest BCUT2D eigenvalue weighted by Gasteiger charge is -2.30. The molecule has 0 spiro atoms. The highest BCUT2D eigenvalue weighted by atomic mass is 127. The molecular formula is C16H24ClIN2O. The molecular weight excluding hydrogens is 399 g/mol. The minimum Gasteiger partial charge on any atom is -0.348 e. The molecule has 1 saturated carbocycles. The third-order valence-corrected chi connectivity index (χ3v) is 5.10. The number of benzene rings is 1.